The van der Waals surface area contributed by atoms with Crippen LogP contribution in [-0.4, -0.2) is 32.9 Å². The third-order valence-corrected chi connectivity index (χ3v) is 4.10. The normalized spacial score (nSPS) is 12.5. The summed E-state index contributed by atoms with van der Waals surface area (Å²) in [5.41, 5.74) is 1.11. The van der Waals surface area contributed by atoms with Gasteiger partial charge in [0.15, 0.2) is 4.34 Å². The topological polar surface area (TPSA) is 55.2 Å². The smallest absolute Gasteiger partial charge is 0.169 e. The molecule has 4 nitrogen and oxygen atoms in total. The van der Waals surface area contributed by atoms with E-state index in [-0.39, 0.29) is 0 Å². The fourth-order valence-electron chi connectivity index (χ4n) is 1.33. The molecule has 1 N–H and O–H groups in total. The Labute approximate surface area is 114 Å². The van der Waals surface area contributed by atoms with Gasteiger partial charge in [-0.05, 0) is 17.1 Å². The largest absolute Gasteiger partial charge is 0.390 e. The van der Waals surface area contributed by atoms with Gasteiger partial charge in [-0.25, -0.2) is 4.98 Å². The molecule has 1 aromatic heterocycles. The van der Waals surface area contributed by atoms with E-state index in [4.69, 9.17) is 4.74 Å². The number of benzene rings is 1. The van der Waals surface area contributed by atoms with E-state index < -0.39 is 6.10 Å². The van der Waals surface area contributed by atoms with Crippen LogP contribution in [0.25, 0.3) is 0 Å². The summed E-state index contributed by atoms with van der Waals surface area (Å²) in [6, 6.07) is 9.92. The molecule has 0 aliphatic rings. The first-order chi connectivity index (χ1) is 8.84. The van der Waals surface area contributed by atoms with Gasteiger partial charge in [0, 0.05) is 5.75 Å². The minimum absolute atomic E-state index is 0.334. The van der Waals surface area contributed by atoms with Gasteiger partial charge in [0.2, 0.25) is 0 Å². The molecule has 0 fully saturated rings. The van der Waals surface area contributed by atoms with E-state index in [1.165, 1.54) is 29.6 Å². The van der Waals surface area contributed by atoms with Gasteiger partial charge in [-0.2, -0.15) is 4.37 Å². The minimum Gasteiger partial charge on any atom is -0.390 e. The Morgan fingerprint density at radius 2 is 2.17 bits per heavy atom. The molecule has 96 valence electrons. The van der Waals surface area contributed by atoms with E-state index in [0.29, 0.717) is 19.0 Å². The van der Waals surface area contributed by atoms with Crippen molar-refractivity contribution in [2.45, 2.75) is 17.1 Å². The average Bonchev–Trinajstić information content (AvgIpc) is 2.91. The zero-order valence-corrected chi connectivity index (χ0v) is 11.4. The van der Waals surface area contributed by atoms with Gasteiger partial charge in [0.05, 0.1) is 19.3 Å². The van der Waals surface area contributed by atoms with Crippen LogP contribution in [0.4, 0.5) is 0 Å². The molecule has 0 saturated carbocycles. The van der Waals surface area contributed by atoms with Gasteiger partial charge in [-0.3, -0.25) is 0 Å². The molecular weight excluding hydrogens is 268 g/mol. The molecule has 1 aromatic carbocycles. The molecule has 0 spiro atoms. The summed E-state index contributed by atoms with van der Waals surface area (Å²) in [6.45, 7) is 0.863. The van der Waals surface area contributed by atoms with Crippen LogP contribution in [0.1, 0.15) is 5.56 Å². The first kappa shape index (κ1) is 13.5. The van der Waals surface area contributed by atoms with Crippen molar-refractivity contribution in [2.75, 3.05) is 12.4 Å². The third kappa shape index (κ3) is 4.73. The number of thioether (sulfide) groups is 1. The highest BCUT2D eigenvalue weighted by atomic mass is 32.2. The first-order valence-electron chi connectivity index (χ1n) is 5.54. The molecule has 0 aliphatic carbocycles. The molecule has 0 saturated heterocycles. The summed E-state index contributed by atoms with van der Waals surface area (Å²) in [5.74, 6) is 0.573. The molecular formula is C12H14N2O2S2. The number of hydrogen-bond acceptors (Lipinski definition) is 6. The van der Waals surface area contributed by atoms with Crippen LogP contribution >= 0.6 is 23.3 Å². The summed E-state index contributed by atoms with van der Waals surface area (Å²) in [4.78, 5) is 4.03. The average molecular weight is 282 g/mol. The second kappa shape index (κ2) is 7.48. The molecule has 0 radical (unpaired) electrons. The fourth-order valence-corrected chi connectivity index (χ4v) is 2.70. The Kier molecular flexibility index (Phi) is 5.60. The zero-order valence-electron chi connectivity index (χ0n) is 9.73. The van der Waals surface area contributed by atoms with Gasteiger partial charge >= 0.3 is 0 Å². The van der Waals surface area contributed by atoms with Crippen molar-refractivity contribution >= 4 is 23.3 Å². The standard InChI is InChI=1S/C12H14N2O2S2/c15-11(8-17-12-13-9-14-18-12)7-16-6-10-4-2-1-3-5-10/h1-5,9,11,15H,6-8H2. The van der Waals surface area contributed by atoms with Gasteiger partial charge in [0.1, 0.15) is 6.33 Å². The monoisotopic (exact) mass is 282 g/mol. The predicted octanol–water partition coefficient (Wildman–Crippen LogP) is 2.21. The Balaban J connectivity index is 1.61. The minimum atomic E-state index is -0.484. The molecule has 2 aromatic rings. The predicted molar refractivity (Wildman–Crippen MR) is 72.7 cm³/mol. The van der Waals surface area contributed by atoms with Crippen LogP contribution in [0, 0.1) is 0 Å². The maximum Gasteiger partial charge on any atom is 0.169 e. The second-order valence-electron chi connectivity index (χ2n) is 3.67. The first-order valence-corrected chi connectivity index (χ1v) is 7.29. The number of aliphatic hydroxyl groups is 1. The van der Waals surface area contributed by atoms with Gasteiger partial charge in [-0.15, -0.1) is 0 Å². The number of rotatable bonds is 7. The molecule has 0 bridgehead atoms. The zero-order chi connectivity index (χ0) is 12.6. The van der Waals surface area contributed by atoms with Crippen molar-refractivity contribution in [1.29, 1.82) is 0 Å². The van der Waals surface area contributed by atoms with Crippen LogP contribution in [0.5, 0.6) is 0 Å². The van der Waals surface area contributed by atoms with E-state index in [2.05, 4.69) is 9.36 Å². The van der Waals surface area contributed by atoms with Crippen LogP contribution in [-0.2, 0) is 11.3 Å². The molecule has 6 heteroatoms. The number of ether oxygens (including phenoxy) is 1. The van der Waals surface area contributed by atoms with Gasteiger partial charge in [-0.1, -0.05) is 42.1 Å². The fraction of sp³-hybridized carbons (Fsp3) is 0.333. The lowest BCUT2D eigenvalue weighted by atomic mass is 10.2. The van der Waals surface area contributed by atoms with Crippen molar-refractivity contribution in [1.82, 2.24) is 9.36 Å². The van der Waals surface area contributed by atoms with Crippen molar-refractivity contribution in [3.05, 3.63) is 42.2 Å². The van der Waals surface area contributed by atoms with Crippen molar-refractivity contribution in [3.63, 3.8) is 0 Å². The van der Waals surface area contributed by atoms with Gasteiger partial charge in [0.25, 0.3) is 0 Å². The Bertz CT molecular complexity index is 437. The molecule has 1 unspecified atom stereocenters. The maximum absolute atomic E-state index is 9.74. The van der Waals surface area contributed by atoms with Crippen LogP contribution < -0.4 is 0 Å². The molecule has 0 amide bonds. The van der Waals surface area contributed by atoms with E-state index in [1.54, 1.807) is 0 Å². The van der Waals surface area contributed by atoms with Crippen molar-refractivity contribution < 1.29 is 9.84 Å². The Hall–Kier alpha value is -0.950. The quantitative estimate of drug-likeness (QED) is 0.789. The molecule has 1 heterocycles. The van der Waals surface area contributed by atoms with E-state index >= 15 is 0 Å². The number of aliphatic hydroxyl groups excluding tert-OH is 1. The van der Waals surface area contributed by atoms with Gasteiger partial charge < -0.3 is 9.84 Å². The van der Waals surface area contributed by atoms with E-state index in [0.717, 1.165) is 9.90 Å². The van der Waals surface area contributed by atoms with Crippen LogP contribution in [0.3, 0.4) is 0 Å². The summed E-state index contributed by atoms with van der Waals surface area (Å²) >= 11 is 2.83. The number of nitrogens with zero attached hydrogens (tertiary/aromatic N) is 2. The van der Waals surface area contributed by atoms with Crippen LogP contribution in [0.2, 0.25) is 0 Å². The number of aromatic nitrogens is 2. The van der Waals surface area contributed by atoms with Crippen LogP contribution in [0.15, 0.2) is 41.0 Å². The molecule has 2 rings (SSSR count). The lowest BCUT2D eigenvalue weighted by Gasteiger charge is -2.09. The summed E-state index contributed by atoms with van der Waals surface area (Å²) < 4.78 is 10.2. The van der Waals surface area contributed by atoms with E-state index in [1.807, 2.05) is 30.3 Å². The summed E-state index contributed by atoms with van der Waals surface area (Å²) in [5, 5.41) is 9.74. The Morgan fingerprint density at radius 1 is 1.33 bits per heavy atom. The lowest BCUT2D eigenvalue weighted by molar-refractivity contribution is 0.0398. The second-order valence-corrected chi connectivity index (χ2v) is 5.72. The molecule has 18 heavy (non-hydrogen) atoms. The summed E-state index contributed by atoms with van der Waals surface area (Å²) in [7, 11) is 0. The lowest BCUT2D eigenvalue weighted by Crippen LogP contribution is -2.17. The third-order valence-electron chi connectivity index (χ3n) is 2.16. The summed E-state index contributed by atoms with van der Waals surface area (Å²) in [6.07, 6.45) is 1.04. The maximum atomic E-state index is 9.74. The van der Waals surface area contributed by atoms with Crippen molar-refractivity contribution in [2.24, 2.45) is 0 Å². The number of hydrogen-bond donors (Lipinski definition) is 1. The van der Waals surface area contributed by atoms with E-state index in [9.17, 15) is 5.11 Å². The molecule has 1 atom stereocenters. The SMILES string of the molecule is OC(COCc1ccccc1)CSc1ncns1. The highest BCUT2D eigenvalue weighted by Gasteiger charge is 2.07. The Morgan fingerprint density at radius 3 is 2.89 bits per heavy atom. The highest BCUT2D eigenvalue weighted by Crippen LogP contribution is 2.19. The van der Waals surface area contributed by atoms with Crippen molar-refractivity contribution in [3.8, 4) is 0 Å². The highest BCUT2D eigenvalue weighted by molar-refractivity contribution is 8.00. The molecule has 0 aliphatic heterocycles.